The molecule has 1 aromatic heterocycles. The first-order valence-corrected chi connectivity index (χ1v) is 11.5. The van der Waals surface area contributed by atoms with Crippen molar-refractivity contribution in [1.82, 2.24) is 9.97 Å². The molecule has 0 radical (unpaired) electrons. The normalized spacial score (nSPS) is 23.2. The van der Waals surface area contributed by atoms with E-state index in [1.165, 1.54) is 12.1 Å². The molecule has 1 saturated carbocycles. The minimum absolute atomic E-state index is 0.00587. The zero-order chi connectivity index (χ0) is 24.0. The third-order valence-corrected chi connectivity index (χ3v) is 8.29. The second-order valence-corrected chi connectivity index (χ2v) is 10.2. The highest BCUT2D eigenvalue weighted by Gasteiger charge is 2.68. The van der Waals surface area contributed by atoms with Crippen molar-refractivity contribution in [1.29, 1.82) is 0 Å². The van der Waals surface area contributed by atoms with Crippen LogP contribution in [0, 0.1) is 15.5 Å². The fourth-order valence-corrected chi connectivity index (χ4v) is 6.11. The van der Waals surface area contributed by atoms with Gasteiger partial charge in [-0.2, -0.15) is 0 Å². The number of hydrogen-bond acceptors (Lipinski definition) is 7. The van der Waals surface area contributed by atoms with Crippen molar-refractivity contribution in [2.75, 3.05) is 12.1 Å². The Balaban J connectivity index is 1.49. The highest BCUT2D eigenvalue weighted by atomic mass is 35.5. The first kappa shape index (κ1) is 21.4. The number of amides is 1. The van der Waals surface area contributed by atoms with Gasteiger partial charge in [0.15, 0.2) is 11.5 Å². The summed E-state index contributed by atoms with van der Waals surface area (Å²) in [7, 11) is 0. The Morgan fingerprint density at radius 2 is 1.76 bits per heavy atom. The van der Waals surface area contributed by atoms with Gasteiger partial charge in [-0.1, -0.05) is 37.0 Å². The summed E-state index contributed by atoms with van der Waals surface area (Å²) in [6.07, 6.45) is 1.29. The fourth-order valence-electron chi connectivity index (χ4n) is 5.79. The van der Waals surface area contributed by atoms with Crippen molar-refractivity contribution in [2.45, 2.75) is 38.0 Å². The number of nitro groups is 1. The number of carbonyl (C=O) groups is 1. The van der Waals surface area contributed by atoms with Crippen molar-refractivity contribution in [2.24, 2.45) is 5.41 Å². The van der Waals surface area contributed by atoms with Gasteiger partial charge in [0, 0.05) is 12.0 Å². The Morgan fingerprint density at radius 3 is 2.44 bits per heavy atom. The van der Waals surface area contributed by atoms with Crippen molar-refractivity contribution in [3.63, 3.8) is 0 Å². The van der Waals surface area contributed by atoms with Crippen molar-refractivity contribution in [3.8, 4) is 11.5 Å². The van der Waals surface area contributed by atoms with Gasteiger partial charge in [-0.3, -0.25) is 14.9 Å². The van der Waals surface area contributed by atoms with E-state index in [1.54, 1.807) is 12.1 Å². The molecule has 2 heterocycles. The van der Waals surface area contributed by atoms with E-state index in [0.717, 1.165) is 12.1 Å². The van der Waals surface area contributed by atoms with Crippen LogP contribution in [0.4, 0.5) is 11.4 Å². The van der Waals surface area contributed by atoms with Crippen LogP contribution < -0.4 is 14.8 Å². The molecule has 3 aliphatic rings. The minimum Gasteiger partial charge on any atom is -0.454 e. The molecule has 1 amide bonds. The number of anilines is 1. The average molecular weight is 501 g/mol. The van der Waals surface area contributed by atoms with E-state index >= 15 is 0 Å². The average Bonchev–Trinajstić information content (AvgIpc) is 3.39. The topological polar surface area (TPSA) is 116 Å². The lowest BCUT2D eigenvalue weighted by Crippen LogP contribution is -2.46. The van der Waals surface area contributed by atoms with Crippen LogP contribution in [0.25, 0.3) is 11.0 Å². The number of hydrogen-bond donors (Lipinski definition) is 1. The SMILES string of the molecule is CC1(C)C2CCC1(C(=O)Nc1cc3c(cc1[N+](=O)[O-])OCO3)c1nc3cc(Cl)c(Cl)cc3nc12. The summed E-state index contributed by atoms with van der Waals surface area (Å²) in [4.78, 5) is 34.8. The summed E-state index contributed by atoms with van der Waals surface area (Å²) in [5.41, 5.74) is 0.727. The molecule has 11 heteroatoms. The number of nitrogens with zero attached hydrogens (tertiary/aromatic N) is 3. The molecule has 0 saturated heterocycles. The highest BCUT2D eigenvalue weighted by molar-refractivity contribution is 6.42. The van der Waals surface area contributed by atoms with Gasteiger partial charge in [-0.25, -0.2) is 9.97 Å². The molecule has 174 valence electrons. The van der Waals surface area contributed by atoms with E-state index in [9.17, 15) is 14.9 Å². The van der Waals surface area contributed by atoms with Crippen LogP contribution in [-0.2, 0) is 10.2 Å². The predicted molar refractivity (Wildman–Crippen MR) is 125 cm³/mol. The number of nitrogens with one attached hydrogen (secondary N) is 1. The molecule has 3 aromatic rings. The third-order valence-electron chi connectivity index (χ3n) is 7.57. The lowest BCUT2D eigenvalue weighted by atomic mass is 9.67. The summed E-state index contributed by atoms with van der Waals surface area (Å²) in [5, 5.41) is 15.3. The van der Waals surface area contributed by atoms with Crippen LogP contribution >= 0.6 is 23.2 Å². The predicted octanol–water partition coefficient (Wildman–Crippen LogP) is 5.37. The molecule has 34 heavy (non-hydrogen) atoms. The van der Waals surface area contributed by atoms with Crippen molar-refractivity contribution >= 4 is 51.5 Å². The van der Waals surface area contributed by atoms with Crippen molar-refractivity contribution < 1.29 is 19.2 Å². The Kier molecular flexibility index (Phi) is 4.35. The van der Waals surface area contributed by atoms with Gasteiger partial charge in [0.05, 0.1) is 48.9 Å². The first-order valence-electron chi connectivity index (χ1n) is 10.7. The van der Waals surface area contributed by atoms with Crippen LogP contribution in [0.5, 0.6) is 11.5 Å². The number of halogens is 2. The lowest BCUT2D eigenvalue weighted by Gasteiger charge is -2.36. The zero-order valence-electron chi connectivity index (χ0n) is 18.1. The summed E-state index contributed by atoms with van der Waals surface area (Å²) in [6, 6.07) is 6.01. The molecule has 2 aliphatic carbocycles. The quantitative estimate of drug-likeness (QED) is 0.379. The molecule has 2 unspecified atom stereocenters. The third kappa shape index (κ3) is 2.65. The van der Waals surface area contributed by atoms with Crippen molar-refractivity contribution in [3.05, 3.63) is 55.8 Å². The molecule has 1 N–H and O–H groups in total. The van der Waals surface area contributed by atoms with E-state index in [1.807, 2.05) is 13.8 Å². The summed E-state index contributed by atoms with van der Waals surface area (Å²) >= 11 is 12.4. The van der Waals surface area contributed by atoms with Gasteiger partial charge >= 0.3 is 0 Å². The van der Waals surface area contributed by atoms with Crippen LogP contribution in [-0.4, -0.2) is 27.6 Å². The van der Waals surface area contributed by atoms with Crippen LogP contribution in [0.15, 0.2) is 24.3 Å². The molecule has 9 nitrogen and oxygen atoms in total. The maximum Gasteiger partial charge on any atom is 0.296 e. The van der Waals surface area contributed by atoms with Crippen LogP contribution in [0.2, 0.25) is 10.0 Å². The maximum atomic E-state index is 14.0. The Bertz CT molecular complexity index is 1440. The molecule has 2 atom stereocenters. The van der Waals surface area contributed by atoms with E-state index in [-0.39, 0.29) is 35.7 Å². The summed E-state index contributed by atoms with van der Waals surface area (Å²) in [5.74, 6) is 0.245. The van der Waals surface area contributed by atoms with Gasteiger partial charge in [-0.15, -0.1) is 0 Å². The van der Waals surface area contributed by atoms with Gasteiger partial charge in [0.2, 0.25) is 12.7 Å². The second kappa shape index (κ2) is 6.93. The number of ether oxygens (including phenoxy) is 2. The van der Waals surface area contributed by atoms with E-state index in [2.05, 4.69) is 5.32 Å². The molecule has 2 aromatic carbocycles. The molecular weight excluding hydrogens is 483 g/mol. The number of fused-ring (bicyclic) bond motifs is 7. The Hall–Kier alpha value is -3.17. The zero-order valence-corrected chi connectivity index (χ0v) is 19.7. The minimum atomic E-state index is -1.02. The van der Waals surface area contributed by atoms with E-state index in [0.29, 0.717) is 38.9 Å². The van der Waals surface area contributed by atoms with Gasteiger partial charge in [0.25, 0.3) is 5.69 Å². The van der Waals surface area contributed by atoms with Gasteiger partial charge in [0.1, 0.15) is 5.69 Å². The van der Waals surface area contributed by atoms with E-state index in [4.69, 9.17) is 42.6 Å². The standard InChI is InChI=1S/C23H18Cl2N4O5/c1-22(2)10-3-4-23(22,20-19(10)26-13-5-11(24)12(25)6-14(13)27-20)21(30)28-15-7-17-18(34-9-33-17)8-16(15)29(31)32/h5-8,10H,3-4,9H2,1-2H3,(H,28,30). The largest absolute Gasteiger partial charge is 0.454 e. The maximum absolute atomic E-state index is 14.0. The molecule has 1 fully saturated rings. The van der Waals surface area contributed by atoms with Gasteiger partial charge < -0.3 is 14.8 Å². The summed E-state index contributed by atoms with van der Waals surface area (Å²) < 4.78 is 10.6. The Labute approximate surface area is 203 Å². The molecule has 1 aliphatic heterocycles. The Morgan fingerprint density at radius 1 is 1.12 bits per heavy atom. The number of aromatic nitrogens is 2. The van der Waals surface area contributed by atoms with Crippen LogP contribution in [0.1, 0.15) is 44.0 Å². The highest BCUT2D eigenvalue weighted by Crippen LogP contribution is 2.67. The first-order chi connectivity index (χ1) is 16.1. The smallest absolute Gasteiger partial charge is 0.296 e. The van der Waals surface area contributed by atoms with E-state index < -0.39 is 15.8 Å². The molecule has 0 spiro atoms. The monoisotopic (exact) mass is 500 g/mol. The summed E-state index contributed by atoms with van der Waals surface area (Å²) in [6.45, 7) is 4.00. The molecule has 2 bridgehead atoms. The fraction of sp³-hybridized carbons (Fsp3) is 0.348. The molecular formula is C23H18Cl2N4O5. The lowest BCUT2D eigenvalue weighted by molar-refractivity contribution is -0.384. The second-order valence-electron chi connectivity index (χ2n) is 9.36. The number of nitro benzene ring substituents is 1. The number of benzene rings is 2. The van der Waals surface area contributed by atoms with Gasteiger partial charge in [-0.05, 0) is 30.4 Å². The number of carbonyl (C=O) groups excluding carboxylic acids is 1. The molecule has 6 rings (SSSR count). The van der Waals surface area contributed by atoms with Crippen LogP contribution in [0.3, 0.4) is 0 Å². The number of rotatable bonds is 3.